The van der Waals surface area contributed by atoms with Crippen LogP contribution in [0.15, 0.2) is 47.9 Å². The van der Waals surface area contributed by atoms with E-state index in [0.29, 0.717) is 11.4 Å². The predicted octanol–water partition coefficient (Wildman–Crippen LogP) is 3.13. The molecule has 0 aliphatic rings. The van der Waals surface area contributed by atoms with E-state index in [0.717, 1.165) is 38.4 Å². The number of hydrogen-bond acceptors (Lipinski definition) is 5. The highest BCUT2D eigenvalue weighted by molar-refractivity contribution is 5.87. The Kier molecular flexibility index (Phi) is 6.70. The molecule has 2 heterocycles. The van der Waals surface area contributed by atoms with Gasteiger partial charge in [0.1, 0.15) is 0 Å². The van der Waals surface area contributed by atoms with Crippen molar-refractivity contribution in [3.05, 3.63) is 91.8 Å². The second-order valence-electron chi connectivity index (χ2n) is 7.78. The van der Waals surface area contributed by atoms with Gasteiger partial charge in [-0.1, -0.05) is 24.8 Å². The molecule has 162 valence electrons. The van der Waals surface area contributed by atoms with Crippen LogP contribution in [0.2, 0.25) is 0 Å². The Morgan fingerprint density at radius 1 is 1.22 bits per heavy atom. The molecule has 6 heteroatoms. The van der Waals surface area contributed by atoms with Crippen LogP contribution >= 0.6 is 0 Å². The van der Waals surface area contributed by atoms with Gasteiger partial charge in [-0.3, -0.25) is 4.79 Å². The van der Waals surface area contributed by atoms with E-state index in [2.05, 4.69) is 28.2 Å². The van der Waals surface area contributed by atoms with E-state index < -0.39 is 0 Å². The molecule has 0 radical (unpaired) electrons. The van der Waals surface area contributed by atoms with Crippen molar-refractivity contribution in [3.63, 3.8) is 0 Å². The summed E-state index contributed by atoms with van der Waals surface area (Å²) in [6.07, 6.45) is 5.73. The molecule has 3 rings (SSSR count). The fourth-order valence-electron chi connectivity index (χ4n) is 3.74. The Bertz CT molecular complexity index is 1410. The Hall–Kier alpha value is -3.98. The highest BCUT2D eigenvalue weighted by atomic mass is 16.1. The van der Waals surface area contributed by atoms with Crippen LogP contribution in [0.4, 0.5) is 5.82 Å². The van der Waals surface area contributed by atoms with Gasteiger partial charge >= 0.3 is 0 Å². The van der Waals surface area contributed by atoms with Crippen molar-refractivity contribution in [2.45, 2.75) is 33.7 Å². The molecule has 32 heavy (non-hydrogen) atoms. The van der Waals surface area contributed by atoms with E-state index in [1.54, 1.807) is 19.3 Å². The van der Waals surface area contributed by atoms with Crippen LogP contribution in [0, 0.1) is 25.2 Å². The first kappa shape index (κ1) is 22.7. The van der Waals surface area contributed by atoms with Crippen molar-refractivity contribution in [2.24, 2.45) is 7.05 Å². The third-order valence-electron chi connectivity index (χ3n) is 5.61. The van der Waals surface area contributed by atoms with Gasteiger partial charge in [-0.05, 0) is 68.2 Å². The molecule has 0 saturated carbocycles. The number of hydrogen-bond donors (Lipinski definition) is 1. The van der Waals surface area contributed by atoms with Crippen LogP contribution in [0.3, 0.4) is 0 Å². The maximum absolute atomic E-state index is 11.8. The average molecular weight is 426 g/mol. The maximum atomic E-state index is 11.8. The molecular formula is C26H27N5O. The van der Waals surface area contributed by atoms with Gasteiger partial charge < -0.3 is 9.88 Å². The van der Waals surface area contributed by atoms with Crippen LogP contribution < -0.4 is 21.3 Å². The molecule has 6 nitrogen and oxygen atoms in total. The van der Waals surface area contributed by atoms with Gasteiger partial charge in [0.15, 0.2) is 5.82 Å². The minimum Gasteiger partial charge on any atom is -0.362 e. The molecule has 0 aliphatic carbocycles. The molecule has 2 aromatic heterocycles. The summed E-state index contributed by atoms with van der Waals surface area (Å²) in [5.41, 5.74) is 4.97. The smallest absolute Gasteiger partial charge is 0.250 e. The number of nitrogens with zero attached hydrogens (tertiary/aromatic N) is 4. The summed E-state index contributed by atoms with van der Waals surface area (Å²) in [5.74, 6) is 0.629. The normalized spacial score (nSPS) is 13.0. The number of nitriles is 1. The Labute approximate surface area is 187 Å². The number of nitrogens with one attached hydrogen (secondary N) is 1. The van der Waals surface area contributed by atoms with Gasteiger partial charge in [-0.25, -0.2) is 0 Å². The Morgan fingerprint density at radius 3 is 2.62 bits per heavy atom. The summed E-state index contributed by atoms with van der Waals surface area (Å²) in [6.45, 7) is 12.1. The SMILES string of the molecule is C=C(/C=c1/c(N[C@H](C)c2cccc(C#N)c2C)nnc(C)/c1=C/C)c1ccc(=O)n(C)c1. The van der Waals surface area contributed by atoms with Gasteiger partial charge in [-0.2, -0.15) is 10.4 Å². The van der Waals surface area contributed by atoms with Crippen molar-refractivity contribution in [1.82, 2.24) is 14.8 Å². The number of pyridine rings is 1. The lowest BCUT2D eigenvalue weighted by atomic mass is 9.98. The van der Waals surface area contributed by atoms with Gasteiger partial charge in [0.25, 0.3) is 0 Å². The predicted molar refractivity (Wildman–Crippen MR) is 129 cm³/mol. The lowest BCUT2D eigenvalue weighted by Crippen LogP contribution is -2.34. The van der Waals surface area contributed by atoms with Crippen LogP contribution in [0.25, 0.3) is 17.7 Å². The zero-order valence-corrected chi connectivity index (χ0v) is 19.1. The van der Waals surface area contributed by atoms with Gasteiger partial charge in [0.2, 0.25) is 5.56 Å². The molecule has 1 N–H and O–H groups in total. The van der Waals surface area contributed by atoms with Crippen molar-refractivity contribution >= 4 is 23.5 Å². The maximum Gasteiger partial charge on any atom is 0.250 e. The average Bonchev–Trinajstić information content (AvgIpc) is 2.77. The number of rotatable bonds is 5. The molecule has 0 fully saturated rings. The summed E-state index contributed by atoms with van der Waals surface area (Å²) >= 11 is 0. The second-order valence-corrected chi connectivity index (χ2v) is 7.78. The van der Waals surface area contributed by atoms with Crippen molar-refractivity contribution in [2.75, 3.05) is 5.32 Å². The third-order valence-corrected chi connectivity index (χ3v) is 5.61. The summed E-state index contributed by atoms with van der Waals surface area (Å²) < 4.78 is 1.53. The fourth-order valence-corrected chi connectivity index (χ4v) is 3.74. The van der Waals surface area contributed by atoms with E-state index in [1.165, 1.54) is 10.6 Å². The molecule has 1 atom stereocenters. The van der Waals surface area contributed by atoms with Crippen LogP contribution in [-0.4, -0.2) is 14.8 Å². The van der Waals surface area contributed by atoms with Gasteiger partial charge in [0.05, 0.1) is 23.4 Å². The Morgan fingerprint density at radius 2 is 1.97 bits per heavy atom. The van der Waals surface area contributed by atoms with E-state index in [-0.39, 0.29) is 11.6 Å². The lowest BCUT2D eigenvalue weighted by Gasteiger charge is -2.18. The zero-order valence-electron chi connectivity index (χ0n) is 19.1. The fraction of sp³-hybridized carbons (Fsp3) is 0.231. The highest BCUT2D eigenvalue weighted by Gasteiger charge is 2.13. The summed E-state index contributed by atoms with van der Waals surface area (Å²) in [4.78, 5) is 11.8. The first-order valence-corrected chi connectivity index (χ1v) is 10.4. The zero-order chi connectivity index (χ0) is 23.4. The minimum atomic E-state index is -0.0945. The molecule has 0 bridgehead atoms. The van der Waals surface area contributed by atoms with E-state index in [1.807, 2.05) is 58.0 Å². The van der Waals surface area contributed by atoms with Crippen molar-refractivity contribution in [3.8, 4) is 6.07 Å². The molecule has 1 aromatic carbocycles. The molecule has 0 saturated heterocycles. The number of benzene rings is 1. The molecule has 0 spiro atoms. The van der Waals surface area contributed by atoms with Gasteiger partial charge in [-0.15, -0.1) is 5.10 Å². The number of aromatic nitrogens is 3. The summed E-state index contributed by atoms with van der Waals surface area (Å²) in [6, 6.07) is 11.2. The monoisotopic (exact) mass is 425 g/mol. The quantitative estimate of drug-likeness (QED) is 0.679. The van der Waals surface area contributed by atoms with Crippen molar-refractivity contribution in [1.29, 1.82) is 5.26 Å². The molecular weight excluding hydrogens is 398 g/mol. The number of aryl methyl sites for hydroxylation is 2. The molecule has 0 amide bonds. The van der Waals surface area contributed by atoms with Crippen LogP contribution in [0.1, 0.15) is 47.8 Å². The second kappa shape index (κ2) is 9.44. The third kappa shape index (κ3) is 4.52. The first-order chi connectivity index (χ1) is 15.3. The number of anilines is 1. The summed E-state index contributed by atoms with van der Waals surface area (Å²) in [7, 11) is 1.72. The molecule has 0 aliphatic heterocycles. The first-order valence-electron chi connectivity index (χ1n) is 10.4. The topological polar surface area (TPSA) is 83.6 Å². The van der Waals surface area contributed by atoms with Crippen molar-refractivity contribution < 1.29 is 0 Å². The minimum absolute atomic E-state index is 0.0725. The highest BCUT2D eigenvalue weighted by Crippen LogP contribution is 2.22. The molecule has 0 unspecified atom stereocenters. The standard InChI is InChI=1S/C26H27N5O/c1-7-22-19(5)29-30-26(28-18(4)23-10-8-9-20(14-27)17(23)3)24(22)13-16(2)21-11-12-25(32)31(6)15-21/h7-13,15,18H,2H2,1,3-6H3,(H,28,30)/b22-7-,24-13+/t18-/m1/s1. The lowest BCUT2D eigenvalue weighted by molar-refractivity contribution is 0.840. The number of allylic oxidation sites excluding steroid dienone is 1. The van der Waals surface area contributed by atoms with E-state index in [4.69, 9.17) is 0 Å². The summed E-state index contributed by atoms with van der Waals surface area (Å²) in [5, 5.41) is 23.4. The van der Waals surface area contributed by atoms with Crippen LogP contribution in [-0.2, 0) is 7.05 Å². The largest absolute Gasteiger partial charge is 0.362 e. The van der Waals surface area contributed by atoms with Crippen LogP contribution in [0.5, 0.6) is 0 Å². The van der Waals surface area contributed by atoms with Gasteiger partial charge in [0, 0.05) is 29.7 Å². The Balaban J connectivity index is 2.11. The van der Waals surface area contributed by atoms with E-state index >= 15 is 0 Å². The van der Waals surface area contributed by atoms with E-state index in [9.17, 15) is 10.1 Å². The molecule has 3 aromatic rings.